The lowest BCUT2D eigenvalue weighted by Gasteiger charge is -2.17. The Morgan fingerprint density at radius 1 is 1.28 bits per heavy atom. The van der Waals surface area contributed by atoms with E-state index in [1.807, 2.05) is 37.3 Å². The van der Waals surface area contributed by atoms with E-state index in [1.54, 1.807) is 0 Å². The van der Waals surface area contributed by atoms with Crippen LogP contribution >= 0.6 is 29.6 Å². The summed E-state index contributed by atoms with van der Waals surface area (Å²) in [6.45, 7) is -1.11. The highest BCUT2D eigenvalue weighted by Crippen LogP contribution is 2.54. The van der Waals surface area contributed by atoms with Crippen LogP contribution in [0.2, 0.25) is 0 Å². The number of alkyl halides is 1. The number of benzene rings is 1. The molecule has 0 heterocycles. The van der Waals surface area contributed by atoms with E-state index in [2.05, 4.69) is 0 Å². The molecular weight excluding hydrogens is 290 g/mol. The molecule has 0 saturated heterocycles. The molecule has 0 aliphatic rings. The summed E-state index contributed by atoms with van der Waals surface area (Å²) in [6, 6.07) is 9.96. The summed E-state index contributed by atoms with van der Waals surface area (Å²) < 4.78 is 17.5. The van der Waals surface area contributed by atoms with Gasteiger partial charge in [-0.3, -0.25) is 4.57 Å². The van der Waals surface area contributed by atoms with Crippen LogP contribution in [0.15, 0.2) is 30.3 Å². The predicted octanol–water partition coefficient (Wildman–Crippen LogP) is 5.09. The van der Waals surface area contributed by atoms with Crippen molar-refractivity contribution >= 4 is 29.6 Å². The first kappa shape index (κ1) is 16.0. The zero-order valence-corrected chi connectivity index (χ0v) is 12.9. The van der Waals surface area contributed by atoms with Crippen molar-refractivity contribution in [3.63, 3.8) is 0 Å². The third-order valence-corrected chi connectivity index (χ3v) is 5.05. The molecule has 0 saturated carbocycles. The van der Waals surface area contributed by atoms with Gasteiger partial charge in [0.25, 0.3) is 6.72 Å². The van der Waals surface area contributed by atoms with Crippen molar-refractivity contribution in [2.75, 3.05) is 12.0 Å². The number of hydrogen-bond acceptors (Lipinski definition) is 2. The third kappa shape index (κ3) is 6.80. The van der Waals surface area contributed by atoms with Gasteiger partial charge >= 0.3 is 0 Å². The van der Waals surface area contributed by atoms with Crippen molar-refractivity contribution in [1.82, 2.24) is 0 Å². The molecule has 102 valence electrons. The topological polar surface area (TPSA) is 26.3 Å². The highest BCUT2D eigenvalue weighted by atomic mass is 35.7. The van der Waals surface area contributed by atoms with Gasteiger partial charge in [0.15, 0.2) is 0 Å². The van der Waals surface area contributed by atoms with Crippen LogP contribution in [0.5, 0.6) is 0 Å². The van der Waals surface area contributed by atoms with E-state index in [0.29, 0.717) is 18.5 Å². The number of hydrogen-bond donors (Lipinski definition) is 0. The van der Waals surface area contributed by atoms with Gasteiger partial charge in [-0.15, -0.1) is 11.6 Å². The Bertz CT molecular complexity index is 384. The van der Waals surface area contributed by atoms with Crippen molar-refractivity contribution in [1.29, 1.82) is 0 Å². The Labute approximate surface area is 119 Å². The van der Waals surface area contributed by atoms with Crippen LogP contribution in [-0.2, 0) is 15.5 Å². The Balaban J connectivity index is 2.39. The van der Waals surface area contributed by atoms with Gasteiger partial charge in [0.1, 0.15) is 0 Å². The predicted molar refractivity (Wildman–Crippen MR) is 79.0 cm³/mol. The third-order valence-electron chi connectivity index (χ3n) is 2.51. The monoisotopic (exact) mass is 308 g/mol. The largest absolute Gasteiger partial charge is 0.314 e. The fourth-order valence-electron chi connectivity index (χ4n) is 1.70. The Hall–Kier alpha value is -0.0100. The molecule has 0 spiro atoms. The molecule has 2 nitrogen and oxygen atoms in total. The van der Waals surface area contributed by atoms with Crippen LogP contribution in [-0.4, -0.2) is 18.1 Å². The van der Waals surface area contributed by atoms with Gasteiger partial charge < -0.3 is 4.52 Å². The van der Waals surface area contributed by atoms with Gasteiger partial charge in [0.2, 0.25) is 0 Å². The van der Waals surface area contributed by atoms with Crippen LogP contribution in [0.1, 0.15) is 25.3 Å². The zero-order chi connectivity index (χ0) is 13.4. The molecule has 0 amide bonds. The molecule has 1 aromatic carbocycles. The normalized spacial score (nSPS) is 16.2. The molecule has 0 radical (unpaired) electrons. The molecule has 2 atom stereocenters. The zero-order valence-electron chi connectivity index (χ0n) is 10.5. The van der Waals surface area contributed by atoms with Crippen molar-refractivity contribution in [3.05, 3.63) is 35.9 Å². The molecule has 0 aromatic heterocycles. The average molecular weight is 309 g/mol. The molecule has 0 aliphatic carbocycles. The molecule has 2 unspecified atom stereocenters. The number of halogens is 2. The Morgan fingerprint density at radius 2 is 1.94 bits per heavy atom. The molecule has 0 N–H and O–H groups in total. The summed E-state index contributed by atoms with van der Waals surface area (Å²) >= 11 is 11.5. The minimum atomic E-state index is -3.00. The van der Waals surface area contributed by atoms with Crippen LogP contribution < -0.4 is 0 Å². The maximum Gasteiger partial charge on any atom is 0.290 e. The number of rotatable bonds is 8. The molecule has 0 fully saturated rings. The second-order valence-electron chi connectivity index (χ2n) is 4.32. The number of unbranched alkanes of at least 4 members (excludes halogenated alkanes) is 1. The summed E-state index contributed by atoms with van der Waals surface area (Å²) in [5, 5.41) is 0. The van der Waals surface area contributed by atoms with Crippen LogP contribution in [0, 0.1) is 0 Å². The van der Waals surface area contributed by atoms with Crippen molar-refractivity contribution in [2.45, 2.75) is 32.3 Å². The minimum absolute atomic E-state index is 0.147. The van der Waals surface area contributed by atoms with E-state index in [0.717, 1.165) is 18.4 Å². The summed E-state index contributed by atoms with van der Waals surface area (Å²) in [4.78, 5) is 0. The summed E-state index contributed by atoms with van der Waals surface area (Å²) in [5.74, 6) is 0.566. The summed E-state index contributed by atoms with van der Waals surface area (Å²) in [7, 11) is 0. The van der Waals surface area contributed by atoms with Gasteiger partial charge in [-0.2, -0.15) is 0 Å². The Morgan fingerprint density at radius 3 is 2.56 bits per heavy atom. The highest BCUT2D eigenvalue weighted by molar-refractivity contribution is 7.85. The van der Waals surface area contributed by atoms with Crippen molar-refractivity contribution in [3.8, 4) is 0 Å². The maximum absolute atomic E-state index is 12.0. The fraction of sp³-hybridized carbons (Fsp3) is 0.538. The van der Waals surface area contributed by atoms with Gasteiger partial charge in [0.05, 0.1) is 6.10 Å². The van der Waals surface area contributed by atoms with Gasteiger partial charge in [-0.1, -0.05) is 30.3 Å². The van der Waals surface area contributed by atoms with Crippen molar-refractivity contribution in [2.24, 2.45) is 0 Å². The highest BCUT2D eigenvalue weighted by Gasteiger charge is 2.22. The lowest BCUT2D eigenvalue weighted by molar-refractivity contribution is 0.231. The summed E-state index contributed by atoms with van der Waals surface area (Å²) in [5.41, 5.74) is 1.16. The van der Waals surface area contributed by atoms with E-state index >= 15 is 0 Å². The maximum atomic E-state index is 12.0. The second kappa shape index (κ2) is 8.22. The first-order valence-electron chi connectivity index (χ1n) is 6.10. The lowest BCUT2D eigenvalue weighted by atomic mass is 10.1. The van der Waals surface area contributed by atoms with E-state index < -0.39 is 6.72 Å². The molecular formula is C13H19Cl2O2P. The molecule has 0 aliphatic heterocycles. The van der Waals surface area contributed by atoms with E-state index in [-0.39, 0.29) is 6.10 Å². The standard InChI is InChI=1S/C13H19Cl2O2P/c1-12(11-13-7-3-2-4-8-13)17-18(15,16)10-6-5-9-14/h2-4,7-8,12H,5-6,9-11H2,1H3. The first-order valence-corrected chi connectivity index (χ1v) is 9.35. The SMILES string of the molecule is CC(Cc1ccccc1)OP(=O)(Cl)CCCCCl. The smallest absolute Gasteiger partial charge is 0.290 e. The Kier molecular flexibility index (Phi) is 7.33. The van der Waals surface area contributed by atoms with E-state index in [1.165, 1.54) is 0 Å². The summed E-state index contributed by atoms with van der Waals surface area (Å²) in [6.07, 6.45) is 2.51. The van der Waals surface area contributed by atoms with Crippen molar-refractivity contribution < 1.29 is 9.09 Å². The van der Waals surface area contributed by atoms with E-state index in [9.17, 15) is 4.57 Å². The van der Waals surface area contributed by atoms with Gasteiger partial charge in [0, 0.05) is 12.0 Å². The molecule has 5 heteroatoms. The minimum Gasteiger partial charge on any atom is -0.314 e. The van der Waals surface area contributed by atoms with Crippen LogP contribution in [0.4, 0.5) is 0 Å². The fourth-order valence-corrected chi connectivity index (χ4v) is 3.97. The average Bonchev–Trinajstić information content (AvgIpc) is 2.29. The molecule has 0 bridgehead atoms. The second-order valence-corrected chi connectivity index (χ2v) is 8.08. The van der Waals surface area contributed by atoms with Gasteiger partial charge in [-0.05, 0) is 43.0 Å². The lowest BCUT2D eigenvalue weighted by Crippen LogP contribution is -2.09. The van der Waals surface area contributed by atoms with Crippen LogP contribution in [0.3, 0.4) is 0 Å². The first-order chi connectivity index (χ1) is 8.53. The molecule has 1 aromatic rings. The van der Waals surface area contributed by atoms with Gasteiger partial charge in [-0.25, -0.2) is 0 Å². The molecule has 1 rings (SSSR count). The van der Waals surface area contributed by atoms with E-state index in [4.69, 9.17) is 27.4 Å². The molecule has 18 heavy (non-hydrogen) atoms. The quantitative estimate of drug-likeness (QED) is 0.380. The van der Waals surface area contributed by atoms with Crippen LogP contribution in [0.25, 0.3) is 0 Å².